The van der Waals surface area contributed by atoms with E-state index in [-0.39, 0.29) is 15.8 Å². The third kappa shape index (κ3) is 2.03. The molecule has 0 aliphatic heterocycles. The summed E-state index contributed by atoms with van der Waals surface area (Å²) in [6.07, 6.45) is 0. The van der Waals surface area contributed by atoms with E-state index in [1.807, 2.05) is 0 Å². The molecule has 0 amide bonds. The van der Waals surface area contributed by atoms with Crippen molar-refractivity contribution in [1.29, 1.82) is 0 Å². The summed E-state index contributed by atoms with van der Waals surface area (Å²) in [5, 5.41) is 18.4. The van der Waals surface area contributed by atoms with Crippen molar-refractivity contribution < 1.29 is 19.8 Å². The maximum Gasteiger partial charge on any atom is 0.349 e. The van der Waals surface area contributed by atoms with Crippen molar-refractivity contribution in [3.05, 3.63) is 38.9 Å². The number of aliphatic carboxylic acids is 1. The second-order valence-corrected chi connectivity index (χ2v) is 3.76. The molecule has 0 saturated carbocycles. The summed E-state index contributed by atoms with van der Waals surface area (Å²) >= 11 is 0. The Labute approximate surface area is 105 Å². The van der Waals surface area contributed by atoms with Crippen LogP contribution in [0.15, 0.2) is 27.8 Å². The van der Waals surface area contributed by atoms with Crippen molar-refractivity contribution in [3.8, 4) is 5.75 Å². The highest BCUT2D eigenvalue weighted by atomic mass is 16.5. The van der Waals surface area contributed by atoms with Crippen LogP contribution in [0.5, 0.6) is 5.75 Å². The first-order valence-corrected chi connectivity index (χ1v) is 5.20. The van der Waals surface area contributed by atoms with Gasteiger partial charge in [0.15, 0.2) is 0 Å². The Kier molecular flexibility index (Phi) is 2.99. The Morgan fingerprint density at radius 2 is 1.95 bits per heavy atom. The van der Waals surface area contributed by atoms with E-state index in [2.05, 4.69) is 0 Å². The zero-order chi connectivity index (χ0) is 14.2. The van der Waals surface area contributed by atoms with Gasteiger partial charge in [-0.05, 0) is 12.1 Å². The van der Waals surface area contributed by atoms with Crippen molar-refractivity contribution in [1.82, 2.24) is 9.30 Å². The van der Waals surface area contributed by atoms with E-state index in [1.54, 1.807) is 0 Å². The SMILES string of the molecule is COc1ccc2c(c1)n(O)c(=O)c(=O)n2CC(=O)O. The van der Waals surface area contributed by atoms with Gasteiger partial charge in [-0.2, -0.15) is 0 Å². The third-order valence-corrected chi connectivity index (χ3v) is 2.62. The first-order valence-electron chi connectivity index (χ1n) is 5.20. The monoisotopic (exact) mass is 266 g/mol. The molecule has 1 heterocycles. The zero-order valence-corrected chi connectivity index (χ0v) is 9.86. The van der Waals surface area contributed by atoms with Crippen LogP contribution in [0.1, 0.15) is 0 Å². The summed E-state index contributed by atoms with van der Waals surface area (Å²) < 4.78 is 5.90. The number of rotatable bonds is 3. The highest BCUT2D eigenvalue weighted by molar-refractivity contribution is 5.78. The molecule has 0 bridgehead atoms. The van der Waals surface area contributed by atoms with Gasteiger partial charge in [-0.1, -0.05) is 0 Å². The number of nitrogens with zero attached hydrogens (tertiary/aromatic N) is 2. The molecule has 0 saturated heterocycles. The summed E-state index contributed by atoms with van der Waals surface area (Å²) in [5.41, 5.74) is -2.22. The summed E-state index contributed by atoms with van der Waals surface area (Å²) in [4.78, 5) is 33.9. The Morgan fingerprint density at radius 3 is 2.53 bits per heavy atom. The fourth-order valence-corrected chi connectivity index (χ4v) is 1.75. The van der Waals surface area contributed by atoms with Gasteiger partial charge in [0.05, 0.1) is 12.6 Å². The van der Waals surface area contributed by atoms with E-state index < -0.39 is 23.6 Å². The fourth-order valence-electron chi connectivity index (χ4n) is 1.75. The number of hydrogen-bond donors (Lipinski definition) is 2. The van der Waals surface area contributed by atoms with Crippen molar-refractivity contribution in [2.45, 2.75) is 6.54 Å². The van der Waals surface area contributed by atoms with Crippen LogP contribution in [-0.4, -0.2) is 32.7 Å². The molecule has 0 atom stereocenters. The number of fused-ring (bicyclic) bond motifs is 1. The molecule has 0 radical (unpaired) electrons. The molecule has 0 aliphatic rings. The molecule has 2 N–H and O–H groups in total. The van der Waals surface area contributed by atoms with Gasteiger partial charge >= 0.3 is 17.1 Å². The predicted octanol–water partition coefficient (Wildman–Crippen LogP) is -0.506. The summed E-state index contributed by atoms with van der Waals surface area (Å²) in [6.45, 7) is -0.669. The molecular weight excluding hydrogens is 256 g/mol. The average molecular weight is 266 g/mol. The van der Waals surface area contributed by atoms with Crippen molar-refractivity contribution in [2.75, 3.05) is 7.11 Å². The van der Waals surface area contributed by atoms with Gasteiger partial charge in [-0.25, -0.2) is 0 Å². The quantitative estimate of drug-likeness (QED) is 0.572. The van der Waals surface area contributed by atoms with E-state index in [0.29, 0.717) is 5.75 Å². The van der Waals surface area contributed by atoms with Gasteiger partial charge in [0.2, 0.25) is 0 Å². The molecular formula is C11H10N2O6. The molecule has 0 fully saturated rings. The van der Waals surface area contributed by atoms with Gasteiger partial charge < -0.3 is 15.1 Å². The Hall–Kier alpha value is -2.77. The number of benzene rings is 1. The number of hydrogen-bond acceptors (Lipinski definition) is 5. The predicted molar refractivity (Wildman–Crippen MR) is 63.8 cm³/mol. The number of methoxy groups -OCH3 is 1. The van der Waals surface area contributed by atoms with E-state index >= 15 is 0 Å². The minimum absolute atomic E-state index is 0.00907. The molecule has 19 heavy (non-hydrogen) atoms. The smallest absolute Gasteiger partial charge is 0.349 e. The molecule has 8 nitrogen and oxygen atoms in total. The Bertz CT molecular complexity index is 773. The zero-order valence-electron chi connectivity index (χ0n) is 9.86. The van der Waals surface area contributed by atoms with Gasteiger partial charge in [0.1, 0.15) is 17.8 Å². The van der Waals surface area contributed by atoms with Gasteiger partial charge in [0, 0.05) is 6.07 Å². The molecule has 1 aromatic carbocycles. The van der Waals surface area contributed by atoms with Crippen LogP contribution in [0.2, 0.25) is 0 Å². The van der Waals surface area contributed by atoms with Gasteiger partial charge in [0.25, 0.3) is 0 Å². The second kappa shape index (κ2) is 4.48. The van der Waals surface area contributed by atoms with Crippen LogP contribution in [-0.2, 0) is 11.3 Å². The number of carboxylic acid groups (broad SMARTS) is 1. The molecule has 8 heteroatoms. The minimum atomic E-state index is -1.27. The lowest BCUT2D eigenvalue weighted by Gasteiger charge is -2.10. The Balaban J connectivity index is 2.91. The second-order valence-electron chi connectivity index (χ2n) is 3.76. The maximum atomic E-state index is 11.7. The average Bonchev–Trinajstić information content (AvgIpc) is 2.40. The molecule has 2 rings (SSSR count). The summed E-state index contributed by atoms with van der Waals surface area (Å²) in [6, 6.07) is 4.21. The maximum absolute atomic E-state index is 11.7. The number of carbonyl (C=O) groups is 1. The van der Waals surface area contributed by atoms with Crippen LogP contribution in [0.4, 0.5) is 0 Å². The molecule has 0 spiro atoms. The van der Waals surface area contributed by atoms with Gasteiger partial charge in [-0.15, -0.1) is 4.73 Å². The topological polar surface area (TPSA) is 111 Å². The lowest BCUT2D eigenvalue weighted by Crippen LogP contribution is -2.41. The highest BCUT2D eigenvalue weighted by Crippen LogP contribution is 2.18. The standard InChI is InChI=1S/C11H10N2O6/c1-19-6-2-3-7-8(4-6)13(18)11(17)10(16)12(7)5-9(14)15/h2-4,18H,5H2,1H3,(H,14,15). The van der Waals surface area contributed by atoms with Crippen molar-refractivity contribution in [2.24, 2.45) is 0 Å². The first-order chi connectivity index (χ1) is 8.95. The van der Waals surface area contributed by atoms with Crippen molar-refractivity contribution in [3.63, 3.8) is 0 Å². The van der Waals surface area contributed by atoms with E-state index in [0.717, 1.165) is 4.57 Å². The molecule has 0 unspecified atom stereocenters. The van der Waals surface area contributed by atoms with Crippen molar-refractivity contribution >= 4 is 17.0 Å². The molecule has 0 aliphatic carbocycles. The fraction of sp³-hybridized carbons (Fsp3) is 0.182. The molecule has 1 aromatic heterocycles. The summed E-state index contributed by atoms with van der Waals surface area (Å²) in [5.74, 6) is -0.912. The molecule has 100 valence electrons. The lowest BCUT2D eigenvalue weighted by atomic mass is 10.2. The third-order valence-electron chi connectivity index (χ3n) is 2.62. The summed E-state index contributed by atoms with van der Waals surface area (Å²) in [7, 11) is 1.40. The normalized spacial score (nSPS) is 10.6. The molecule has 2 aromatic rings. The highest BCUT2D eigenvalue weighted by Gasteiger charge is 2.15. The van der Waals surface area contributed by atoms with Crippen LogP contribution in [0.3, 0.4) is 0 Å². The van der Waals surface area contributed by atoms with E-state index in [4.69, 9.17) is 9.84 Å². The number of ether oxygens (including phenoxy) is 1. The van der Waals surface area contributed by atoms with Crippen LogP contribution in [0, 0.1) is 0 Å². The van der Waals surface area contributed by atoms with E-state index in [1.165, 1.54) is 25.3 Å². The minimum Gasteiger partial charge on any atom is -0.497 e. The van der Waals surface area contributed by atoms with E-state index in [9.17, 15) is 19.6 Å². The number of aromatic nitrogens is 2. The van der Waals surface area contributed by atoms with Gasteiger partial charge in [-0.3, -0.25) is 19.0 Å². The van der Waals surface area contributed by atoms with Crippen LogP contribution >= 0.6 is 0 Å². The van der Waals surface area contributed by atoms with Crippen LogP contribution in [0.25, 0.3) is 11.0 Å². The Morgan fingerprint density at radius 1 is 1.26 bits per heavy atom. The first kappa shape index (κ1) is 12.7. The number of carboxylic acids is 1. The largest absolute Gasteiger partial charge is 0.497 e. The van der Waals surface area contributed by atoms with Crippen LogP contribution < -0.4 is 15.9 Å². The lowest BCUT2D eigenvalue weighted by molar-refractivity contribution is -0.137.